The van der Waals surface area contributed by atoms with E-state index in [9.17, 15) is 0 Å². The molecular formula is C15H19N3. The highest BCUT2D eigenvalue weighted by Crippen LogP contribution is 2.17. The summed E-state index contributed by atoms with van der Waals surface area (Å²) in [6.45, 7) is 4.35. The van der Waals surface area contributed by atoms with Crippen LogP contribution in [0, 0.1) is 0 Å². The van der Waals surface area contributed by atoms with E-state index >= 15 is 0 Å². The number of nitrogens with zero attached hydrogens (tertiary/aromatic N) is 2. The molecule has 1 aromatic carbocycles. The average molecular weight is 241 g/mol. The maximum atomic E-state index is 4.20. The zero-order valence-corrected chi connectivity index (χ0v) is 10.9. The fourth-order valence-electron chi connectivity index (χ4n) is 1.83. The summed E-state index contributed by atoms with van der Waals surface area (Å²) in [6.07, 6.45) is 5.59. The van der Waals surface area contributed by atoms with Crippen LogP contribution in [0.5, 0.6) is 0 Å². The standard InChI is InChI=1S/C15H19N3/c1-15(2,18-14-16-11-6-12-17-14)10-9-13-7-4-3-5-8-13/h3-8,11-12H,9-10H2,1-2H3,(H,16,17,18). The van der Waals surface area contributed by atoms with Gasteiger partial charge >= 0.3 is 0 Å². The van der Waals surface area contributed by atoms with E-state index in [2.05, 4.69) is 53.4 Å². The number of benzene rings is 1. The van der Waals surface area contributed by atoms with E-state index < -0.39 is 0 Å². The number of aromatic nitrogens is 2. The Kier molecular flexibility index (Phi) is 3.92. The van der Waals surface area contributed by atoms with Crippen LogP contribution in [0.1, 0.15) is 25.8 Å². The summed E-state index contributed by atoms with van der Waals surface area (Å²) in [4.78, 5) is 8.39. The number of aryl methyl sites for hydroxylation is 1. The van der Waals surface area contributed by atoms with Crippen molar-refractivity contribution in [3.63, 3.8) is 0 Å². The summed E-state index contributed by atoms with van der Waals surface area (Å²) in [5, 5.41) is 3.37. The molecule has 2 aromatic rings. The van der Waals surface area contributed by atoms with E-state index in [4.69, 9.17) is 0 Å². The summed E-state index contributed by atoms with van der Waals surface area (Å²) < 4.78 is 0. The van der Waals surface area contributed by atoms with Gasteiger partial charge in [-0.3, -0.25) is 0 Å². The van der Waals surface area contributed by atoms with Crippen LogP contribution in [0.4, 0.5) is 5.95 Å². The van der Waals surface area contributed by atoms with Gasteiger partial charge < -0.3 is 5.32 Å². The van der Waals surface area contributed by atoms with Crippen molar-refractivity contribution in [1.29, 1.82) is 0 Å². The quantitative estimate of drug-likeness (QED) is 0.872. The van der Waals surface area contributed by atoms with Crippen LogP contribution in [-0.4, -0.2) is 15.5 Å². The molecule has 1 aromatic heterocycles. The lowest BCUT2D eigenvalue weighted by atomic mass is 9.95. The second-order valence-electron chi connectivity index (χ2n) is 5.07. The average Bonchev–Trinajstić information content (AvgIpc) is 2.38. The third-order valence-corrected chi connectivity index (χ3v) is 2.90. The van der Waals surface area contributed by atoms with E-state index in [-0.39, 0.29) is 5.54 Å². The van der Waals surface area contributed by atoms with Gasteiger partial charge in [0, 0.05) is 17.9 Å². The molecule has 2 rings (SSSR count). The maximum Gasteiger partial charge on any atom is 0.222 e. The van der Waals surface area contributed by atoms with Crippen LogP contribution >= 0.6 is 0 Å². The second kappa shape index (κ2) is 5.63. The van der Waals surface area contributed by atoms with Gasteiger partial charge in [-0.15, -0.1) is 0 Å². The SMILES string of the molecule is CC(C)(CCc1ccccc1)Nc1ncccn1. The molecule has 0 saturated carbocycles. The Morgan fingerprint density at radius 3 is 2.33 bits per heavy atom. The predicted octanol–water partition coefficient (Wildman–Crippen LogP) is 3.30. The molecular weight excluding hydrogens is 222 g/mol. The monoisotopic (exact) mass is 241 g/mol. The number of anilines is 1. The zero-order valence-electron chi connectivity index (χ0n) is 10.9. The highest BCUT2D eigenvalue weighted by atomic mass is 15.1. The summed E-state index contributed by atoms with van der Waals surface area (Å²) in [7, 11) is 0. The number of rotatable bonds is 5. The molecule has 3 heteroatoms. The molecule has 0 saturated heterocycles. The first-order valence-electron chi connectivity index (χ1n) is 6.25. The number of nitrogens with one attached hydrogen (secondary N) is 1. The van der Waals surface area contributed by atoms with E-state index in [1.54, 1.807) is 12.4 Å². The Morgan fingerprint density at radius 1 is 1.00 bits per heavy atom. The van der Waals surface area contributed by atoms with Crippen molar-refractivity contribution < 1.29 is 0 Å². The Bertz CT molecular complexity index is 466. The molecule has 18 heavy (non-hydrogen) atoms. The zero-order chi connectivity index (χ0) is 12.8. The van der Waals surface area contributed by atoms with E-state index in [0.717, 1.165) is 12.8 Å². The minimum atomic E-state index is -0.0167. The Morgan fingerprint density at radius 2 is 1.67 bits per heavy atom. The first-order chi connectivity index (χ1) is 8.66. The topological polar surface area (TPSA) is 37.8 Å². The molecule has 0 bridgehead atoms. The molecule has 0 aliphatic carbocycles. The van der Waals surface area contributed by atoms with Crippen molar-refractivity contribution >= 4 is 5.95 Å². The van der Waals surface area contributed by atoms with Crippen molar-refractivity contribution in [3.8, 4) is 0 Å². The lowest BCUT2D eigenvalue weighted by Gasteiger charge is -2.26. The van der Waals surface area contributed by atoms with Gasteiger partial charge in [-0.2, -0.15) is 0 Å². The predicted molar refractivity (Wildman–Crippen MR) is 74.5 cm³/mol. The van der Waals surface area contributed by atoms with Gasteiger partial charge in [0.25, 0.3) is 0 Å². The van der Waals surface area contributed by atoms with E-state index in [1.165, 1.54) is 5.56 Å². The van der Waals surface area contributed by atoms with Gasteiger partial charge in [-0.05, 0) is 38.3 Å². The smallest absolute Gasteiger partial charge is 0.222 e. The molecule has 0 aliphatic heterocycles. The maximum absolute atomic E-state index is 4.20. The molecule has 0 spiro atoms. The fraction of sp³-hybridized carbons (Fsp3) is 0.333. The molecule has 0 unspecified atom stereocenters. The van der Waals surface area contributed by atoms with Crippen molar-refractivity contribution in [2.45, 2.75) is 32.2 Å². The van der Waals surface area contributed by atoms with Crippen molar-refractivity contribution in [3.05, 3.63) is 54.4 Å². The number of hydrogen-bond acceptors (Lipinski definition) is 3. The highest BCUT2D eigenvalue weighted by Gasteiger charge is 2.18. The van der Waals surface area contributed by atoms with Gasteiger partial charge in [0.2, 0.25) is 5.95 Å². The lowest BCUT2D eigenvalue weighted by Crippen LogP contribution is -2.32. The summed E-state index contributed by atoms with van der Waals surface area (Å²) in [5.41, 5.74) is 1.35. The first-order valence-corrected chi connectivity index (χ1v) is 6.25. The molecule has 0 amide bonds. The third kappa shape index (κ3) is 3.84. The summed E-state index contributed by atoms with van der Waals surface area (Å²) in [6, 6.07) is 12.4. The van der Waals surface area contributed by atoms with E-state index in [1.807, 2.05) is 12.1 Å². The number of hydrogen-bond donors (Lipinski definition) is 1. The first kappa shape index (κ1) is 12.6. The third-order valence-electron chi connectivity index (χ3n) is 2.90. The largest absolute Gasteiger partial charge is 0.349 e. The van der Waals surface area contributed by atoms with Crippen LogP contribution in [0.2, 0.25) is 0 Å². The Labute approximate surface area is 108 Å². The molecule has 3 nitrogen and oxygen atoms in total. The molecule has 1 N–H and O–H groups in total. The lowest BCUT2D eigenvalue weighted by molar-refractivity contribution is 0.514. The van der Waals surface area contributed by atoms with Crippen LogP contribution in [-0.2, 0) is 6.42 Å². The molecule has 0 atom stereocenters. The van der Waals surface area contributed by atoms with Gasteiger partial charge in [0.05, 0.1) is 0 Å². The van der Waals surface area contributed by atoms with Crippen molar-refractivity contribution in [2.24, 2.45) is 0 Å². The highest BCUT2D eigenvalue weighted by molar-refractivity contribution is 5.27. The summed E-state index contributed by atoms with van der Waals surface area (Å²) in [5.74, 6) is 0.690. The van der Waals surface area contributed by atoms with Gasteiger partial charge in [-0.25, -0.2) is 9.97 Å². The Balaban J connectivity index is 1.91. The molecule has 1 heterocycles. The van der Waals surface area contributed by atoms with Gasteiger partial charge in [0.15, 0.2) is 0 Å². The van der Waals surface area contributed by atoms with Gasteiger partial charge in [0.1, 0.15) is 0 Å². The van der Waals surface area contributed by atoms with Crippen molar-refractivity contribution in [2.75, 3.05) is 5.32 Å². The minimum absolute atomic E-state index is 0.0167. The molecule has 0 radical (unpaired) electrons. The normalized spacial score (nSPS) is 11.2. The van der Waals surface area contributed by atoms with Crippen LogP contribution in [0.3, 0.4) is 0 Å². The van der Waals surface area contributed by atoms with Crippen LogP contribution in [0.25, 0.3) is 0 Å². The molecule has 94 valence electrons. The van der Waals surface area contributed by atoms with Crippen LogP contribution in [0.15, 0.2) is 48.8 Å². The second-order valence-corrected chi connectivity index (χ2v) is 5.07. The van der Waals surface area contributed by atoms with Gasteiger partial charge in [-0.1, -0.05) is 30.3 Å². The summed E-state index contributed by atoms with van der Waals surface area (Å²) >= 11 is 0. The minimum Gasteiger partial charge on any atom is -0.349 e. The van der Waals surface area contributed by atoms with Crippen LogP contribution < -0.4 is 5.32 Å². The van der Waals surface area contributed by atoms with Crippen molar-refractivity contribution in [1.82, 2.24) is 9.97 Å². The van der Waals surface area contributed by atoms with E-state index in [0.29, 0.717) is 5.95 Å². The molecule has 0 aliphatic rings. The molecule has 0 fully saturated rings. The Hall–Kier alpha value is -1.90. The fourth-order valence-corrected chi connectivity index (χ4v) is 1.83.